The predicted molar refractivity (Wildman–Crippen MR) is 124 cm³/mol. The van der Waals surface area contributed by atoms with E-state index in [-0.39, 0.29) is 11.8 Å². The number of aliphatic imine (C=N–C) groups is 1. The molecule has 0 fully saturated rings. The molecular weight excluding hydrogens is 376 g/mol. The first-order chi connectivity index (χ1) is 14.5. The molecule has 30 heavy (non-hydrogen) atoms. The molecule has 6 heteroatoms. The molecule has 2 aromatic rings. The van der Waals surface area contributed by atoms with E-state index in [0.29, 0.717) is 6.54 Å². The van der Waals surface area contributed by atoms with Crippen LogP contribution in [-0.2, 0) is 17.8 Å². The normalized spacial score (nSPS) is 12.2. The summed E-state index contributed by atoms with van der Waals surface area (Å²) in [5.41, 5.74) is 4.27. The van der Waals surface area contributed by atoms with Crippen LogP contribution in [0.1, 0.15) is 37.0 Å². The molecule has 0 saturated carbocycles. The Kier molecular flexibility index (Phi) is 9.19. The minimum Gasteiger partial charge on any atom is -0.496 e. The highest BCUT2D eigenvalue weighted by Crippen LogP contribution is 2.19. The highest BCUT2D eigenvalue weighted by atomic mass is 16.5. The van der Waals surface area contributed by atoms with Gasteiger partial charge < -0.3 is 20.7 Å². The van der Waals surface area contributed by atoms with E-state index in [1.54, 1.807) is 14.2 Å². The van der Waals surface area contributed by atoms with Crippen LogP contribution in [0.3, 0.4) is 0 Å². The fraction of sp³-hybridized carbons (Fsp3) is 0.417. The van der Waals surface area contributed by atoms with Crippen molar-refractivity contribution in [3.8, 4) is 5.75 Å². The van der Waals surface area contributed by atoms with Gasteiger partial charge in [0.2, 0.25) is 5.91 Å². The number of rotatable bonds is 9. The van der Waals surface area contributed by atoms with Crippen molar-refractivity contribution in [1.82, 2.24) is 10.6 Å². The average molecular weight is 411 g/mol. The van der Waals surface area contributed by atoms with Crippen LogP contribution in [0, 0.1) is 12.8 Å². The third-order valence-electron chi connectivity index (χ3n) is 5.06. The maximum absolute atomic E-state index is 12.1. The van der Waals surface area contributed by atoms with Crippen molar-refractivity contribution in [2.24, 2.45) is 10.9 Å². The number of carbonyl (C=O) groups is 1. The average Bonchev–Trinajstić information content (AvgIpc) is 2.75. The lowest BCUT2D eigenvalue weighted by Crippen LogP contribution is -2.37. The maximum Gasteiger partial charge on any atom is 0.227 e. The van der Waals surface area contributed by atoms with Gasteiger partial charge in [0.15, 0.2) is 5.96 Å². The molecule has 0 bridgehead atoms. The van der Waals surface area contributed by atoms with Crippen LogP contribution in [0.25, 0.3) is 0 Å². The number of guanidine groups is 1. The minimum absolute atomic E-state index is 0.00170. The van der Waals surface area contributed by atoms with Gasteiger partial charge >= 0.3 is 0 Å². The Bertz CT molecular complexity index is 864. The van der Waals surface area contributed by atoms with Gasteiger partial charge in [-0.05, 0) is 49.1 Å². The quantitative estimate of drug-likeness (QED) is 0.433. The zero-order chi connectivity index (χ0) is 21.9. The van der Waals surface area contributed by atoms with Crippen molar-refractivity contribution >= 4 is 17.6 Å². The maximum atomic E-state index is 12.1. The number of amides is 1. The molecule has 0 spiro atoms. The van der Waals surface area contributed by atoms with E-state index in [9.17, 15) is 4.79 Å². The molecule has 2 rings (SSSR count). The van der Waals surface area contributed by atoms with Gasteiger partial charge in [-0.2, -0.15) is 0 Å². The van der Waals surface area contributed by atoms with Crippen LogP contribution in [0.15, 0.2) is 47.5 Å². The summed E-state index contributed by atoms with van der Waals surface area (Å²) in [6.07, 6.45) is 1.66. The second-order valence-electron chi connectivity index (χ2n) is 7.42. The molecule has 1 atom stereocenters. The van der Waals surface area contributed by atoms with E-state index in [4.69, 9.17) is 4.74 Å². The first-order valence-corrected chi connectivity index (χ1v) is 10.4. The first-order valence-electron chi connectivity index (χ1n) is 10.4. The summed E-state index contributed by atoms with van der Waals surface area (Å²) >= 11 is 0. The Morgan fingerprint density at radius 1 is 1.17 bits per heavy atom. The molecule has 1 amide bonds. The van der Waals surface area contributed by atoms with Crippen molar-refractivity contribution in [2.75, 3.05) is 26.0 Å². The number of anilines is 1. The summed E-state index contributed by atoms with van der Waals surface area (Å²) in [5.74, 6) is 1.69. The molecular formula is C24H34N4O2. The molecule has 0 aliphatic carbocycles. The van der Waals surface area contributed by atoms with Gasteiger partial charge in [0.05, 0.1) is 7.11 Å². The lowest BCUT2D eigenvalue weighted by Gasteiger charge is -2.14. The Hall–Kier alpha value is -3.02. The Morgan fingerprint density at radius 3 is 2.67 bits per heavy atom. The fourth-order valence-electron chi connectivity index (χ4n) is 3.03. The molecule has 0 saturated heterocycles. The van der Waals surface area contributed by atoms with Crippen LogP contribution < -0.4 is 20.7 Å². The predicted octanol–water partition coefficient (Wildman–Crippen LogP) is 3.90. The second kappa shape index (κ2) is 11.9. The van der Waals surface area contributed by atoms with Crippen molar-refractivity contribution in [1.29, 1.82) is 0 Å². The van der Waals surface area contributed by atoms with Gasteiger partial charge in [0, 0.05) is 31.7 Å². The van der Waals surface area contributed by atoms with E-state index in [1.165, 1.54) is 11.1 Å². The molecule has 0 aromatic heterocycles. The molecule has 0 aliphatic heterocycles. The smallest absolute Gasteiger partial charge is 0.227 e. The molecule has 0 radical (unpaired) electrons. The number of benzene rings is 2. The minimum atomic E-state index is 0.00170. The summed E-state index contributed by atoms with van der Waals surface area (Å²) < 4.78 is 5.45. The van der Waals surface area contributed by atoms with E-state index in [1.807, 2.05) is 44.2 Å². The third kappa shape index (κ3) is 7.10. The van der Waals surface area contributed by atoms with Crippen LogP contribution in [0.5, 0.6) is 5.75 Å². The summed E-state index contributed by atoms with van der Waals surface area (Å²) in [4.78, 5) is 16.4. The zero-order valence-corrected chi connectivity index (χ0v) is 18.7. The fourth-order valence-corrected chi connectivity index (χ4v) is 3.03. The number of nitrogens with one attached hydrogen (secondary N) is 3. The standard InChI is InChI=1S/C24H34N4O2/c1-6-18(3)23(29)28-21-9-7-8-19(15-21)16-27-24(25-4)26-13-12-20-14-17(2)10-11-22(20)30-5/h7-11,14-15,18H,6,12-13,16H2,1-5H3,(H,28,29)(H2,25,26,27). The summed E-state index contributed by atoms with van der Waals surface area (Å²) in [7, 11) is 3.45. The van der Waals surface area contributed by atoms with E-state index in [0.717, 1.165) is 42.3 Å². The molecule has 2 aromatic carbocycles. The number of methoxy groups -OCH3 is 1. The van der Waals surface area contributed by atoms with Crippen LogP contribution in [-0.4, -0.2) is 32.6 Å². The topological polar surface area (TPSA) is 74.8 Å². The third-order valence-corrected chi connectivity index (χ3v) is 5.06. The number of ether oxygens (including phenoxy) is 1. The van der Waals surface area contributed by atoms with Crippen LogP contribution in [0.4, 0.5) is 5.69 Å². The van der Waals surface area contributed by atoms with Crippen LogP contribution >= 0.6 is 0 Å². The SMILES string of the molecule is CCC(C)C(=O)Nc1cccc(CNC(=NC)NCCc2cc(C)ccc2OC)c1. The van der Waals surface area contributed by atoms with Gasteiger partial charge in [-0.3, -0.25) is 9.79 Å². The molecule has 0 aliphatic rings. The molecule has 0 heterocycles. The lowest BCUT2D eigenvalue weighted by molar-refractivity contribution is -0.119. The zero-order valence-electron chi connectivity index (χ0n) is 18.7. The first kappa shape index (κ1) is 23.3. The second-order valence-corrected chi connectivity index (χ2v) is 7.42. The molecule has 1 unspecified atom stereocenters. The number of hydrogen-bond acceptors (Lipinski definition) is 3. The van der Waals surface area contributed by atoms with Crippen LogP contribution in [0.2, 0.25) is 0 Å². The Morgan fingerprint density at radius 2 is 1.97 bits per heavy atom. The van der Waals surface area contributed by atoms with Gasteiger partial charge in [-0.25, -0.2) is 0 Å². The molecule has 6 nitrogen and oxygen atoms in total. The van der Waals surface area contributed by atoms with Crippen molar-refractivity contribution in [2.45, 2.75) is 40.2 Å². The monoisotopic (exact) mass is 410 g/mol. The van der Waals surface area contributed by atoms with Gasteiger partial charge in [-0.15, -0.1) is 0 Å². The van der Waals surface area contributed by atoms with Crippen molar-refractivity contribution in [3.05, 3.63) is 59.2 Å². The highest BCUT2D eigenvalue weighted by Gasteiger charge is 2.10. The van der Waals surface area contributed by atoms with Crippen molar-refractivity contribution < 1.29 is 9.53 Å². The molecule has 3 N–H and O–H groups in total. The molecule has 162 valence electrons. The lowest BCUT2D eigenvalue weighted by atomic mass is 10.1. The largest absolute Gasteiger partial charge is 0.496 e. The number of nitrogens with zero attached hydrogens (tertiary/aromatic N) is 1. The highest BCUT2D eigenvalue weighted by molar-refractivity contribution is 5.92. The van der Waals surface area contributed by atoms with E-state index < -0.39 is 0 Å². The van der Waals surface area contributed by atoms with Crippen molar-refractivity contribution in [3.63, 3.8) is 0 Å². The van der Waals surface area contributed by atoms with E-state index in [2.05, 4.69) is 40.0 Å². The Labute approximate surface area is 180 Å². The Balaban J connectivity index is 1.86. The number of carbonyl (C=O) groups excluding carboxylic acids is 1. The van der Waals surface area contributed by atoms with Gasteiger partial charge in [0.25, 0.3) is 0 Å². The van der Waals surface area contributed by atoms with Gasteiger partial charge in [-0.1, -0.05) is 43.7 Å². The summed E-state index contributed by atoms with van der Waals surface area (Å²) in [6.45, 7) is 7.38. The number of aryl methyl sites for hydroxylation is 1. The summed E-state index contributed by atoms with van der Waals surface area (Å²) in [6, 6.07) is 14.1. The van der Waals surface area contributed by atoms with E-state index >= 15 is 0 Å². The summed E-state index contributed by atoms with van der Waals surface area (Å²) in [5, 5.41) is 9.64. The van der Waals surface area contributed by atoms with Gasteiger partial charge in [0.1, 0.15) is 5.75 Å². The number of hydrogen-bond donors (Lipinski definition) is 3.